The second-order valence-electron chi connectivity index (χ2n) is 5.07. The van der Waals surface area contributed by atoms with E-state index in [1.807, 2.05) is 0 Å². The van der Waals surface area contributed by atoms with E-state index in [2.05, 4.69) is 4.72 Å². The smallest absolute Gasteiger partial charge is 0.234 e. The fourth-order valence-corrected chi connectivity index (χ4v) is 3.55. The summed E-state index contributed by atoms with van der Waals surface area (Å²) in [6.07, 6.45) is 5.30. The molecule has 0 bridgehead atoms. The first kappa shape index (κ1) is 15.5. The molecule has 1 aromatic rings. The van der Waals surface area contributed by atoms with Crippen LogP contribution in [0.1, 0.15) is 31.2 Å². The number of hydrogen-bond acceptors (Lipinski definition) is 3. The van der Waals surface area contributed by atoms with Crippen LogP contribution in [0.25, 0.3) is 6.08 Å². The van der Waals surface area contributed by atoms with Crippen LogP contribution in [0.3, 0.4) is 0 Å². The topological polar surface area (TPSA) is 72.2 Å². The molecule has 20 heavy (non-hydrogen) atoms. The Hall–Kier alpha value is -0.880. The van der Waals surface area contributed by atoms with Crippen LogP contribution in [0.2, 0.25) is 5.02 Å². The largest absolute Gasteiger partial charge is 0.326 e. The van der Waals surface area contributed by atoms with Gasteiger partial charge in [-0.25, -0.2) is 13.1 Å². The van der Waals surface area contributed by atoms with Gasteiger partial charge >= 0.3 is 0 Å². The highest BCUT2D eigenvalue weighted by atomic mass is 35.5. The lowest BCUT2D eigenvalue weighted by molar-refractivity contribution is 0.362. The van der Waals surface area contributed by atoms with Crippen molar-refractivity contribution in [3.8, 4) is 0 Å². The molecule has 1 saturated carbocycles. The molecule has 6 heteroatoms. The first-order valence-corrected chi connectivity index (χ1v) is 8.60. The number of sulfonamides is 1. The van der Waals surface area contributed by atoms with E-state index in [0.717, 1.165) is 31.2 Å². The zero-order chi connectivity index (χ0) is 14.6. The van der Waals surface area contributed by atoms with Crippen molar-refractivity contribution < 1.29 is 8.42 Å². The normalized spacial score (nSPS) is 24.1. The summed E-state index contributed by atoms with van der Waals surface area (Å²) in [6, 6.07) is 6.71. The first-order chi connectivity index (χ1) is 9.46. The summed E-state index contributed by atoms with van der Waals surface area (Å²) < 4.78 is 26.7. The van der Waals surface area contributed by atoms with E-state index in [-0.39, 0.29) is 12.1 Å². The van der Waals surface area contributed by atoms with Crippen molar-refractivity contribution in [2.75, 3.05) is 0 Å². The van der Waals surface area contributed by atoms with E-state index in [1.54, 1.807) is 30.3 Å². The van der Waals surface area contributed by atoms with Crippen molar-refractivity contribution in [3.63, 3.8) is 0 Å². The number of hydrogen-bond donors (Lipinski definition) is 2. The highest BCUT2D eigenvalue weighted by Crippen LogP contribution is 2.18. The summed E-state index contributed by atoms with van der Waals surface area (Å²) >= 11 is 5.78. The van der Waals surface area contributed by atoms with Crippen molar-refractivity contribution in [3.05, 3.63) is 40.3 Å². The van der Waals surface area contributed by atoms with E-state index < -0.39 is 10.0 Å². The van der Waals surface area contributed by atoms with Crippen LogP contribution in [0, 0.1) is 0 Å². The average Bonchev–Trinajstić information content (AvgIpc) is 2.41. The Morgan fingerprint density at radius 1 is 1.20 bits per heavy atom. The molecule has 1 aliphatic rings. The van der Waals surface area contributed by atoms with Crippen LogP contribution in [0.4, 0.5) is 0 Å². The van der Waals surface area contributed by atoms with E-state index in [0.29, 0.717) is 5.02 Å². The van der Waals surface area contributed by atoms with Crippen molar-refractivity contribution in [2.45, 2.75) is 37.8 Å². The van der Waals surface area contributed by atoms with Crippen molar-refractivity contribution in [1.29, 1.82) is 0 Å². The molecule has 0 radical (unpaired) electrons. The van der Waals surface area contributed by atoms with E-state index in [4.69, 9.17) is 17.3 Å². The molecule has 0 heterocycles. The summed E-state index contributed by atoms with van der Waals surface area (Å²) in [5.74, 6) is 0. The summed E-state index contributed by atoms with van der Waals surface area (Å²) in [7, 11) is -3.47. The molecule has 3 N–H and O–H groups in total. The Bertz CT molecular complexity index is 569. The molecule has 1 aromatic carbocycles. The third-order valence-corrected chi connectivity index (χ3v) is 4.82. The highest BCUT2D eigenvalue weighted by Gasteiger charge is 2.24. The Labute approximate surface area is 125 Å². The maximum absolute atomic E-state index is 12.0. The van der Waals surface area contributed by atoms with Crippen molar-refractivity contribution >= 4 is 27.7 Å². The van der Waals surface area contributed by atoms with Crippen molar-refractivity contribution in [1.82, 2.24) is 4.72 Å². The van der Waals surface area contributed by atoms with Gasteiger partial charge in [-0.15, -0.1) is 0 Å². The fraction of sp³-hybridized carbons (Fsp3) is 0.429. The molecule has 2 rings (SSSR count). The molecular formula is C14H19ClN2O2S. The van der Waals surface area contributed by atoms with Gasteiger partial charge in [0, 0.05) is 22.5 Å². The molecular weight excluding hydrogens is 296 g/mol. The van der Waals surface area contributed by atoms with Crippen LogP contribution in [-0.4, -0.2) is 20.5 Å². The molecule has 4 nitrogen and oxygen atoms in total. The number of benzene rings is 1. The Balaban J connectivity index is 2.01. The minimum Gasteiger partial charge on any atom is -0.326 e. The second kappa shape index (κ2) is 6.72. The van der Waals surface area contributed by atoms with Gasteiger partial charge in [-0.1, -0.05) is 36.6 Å². The zero-order valence-corrected chi connectivity index (χ0v) is 12.7. The second-order valence-corrected chi connectivity index (χ2v) is 7.11. The molecule has 2 atom stereocenters. The maximum Gasteiger partial charge on any atom is 0.234 e. The maximum atomic E-state index is 12.0. The lowest BCUT2D eigenvalue weighted by Crippen LogP contribution is -2.48. The fourth-order valence-electron chi connectivity index (χ4n) is 2.30. The minimum atomic E-state index is -3.47. The molecule has 1 fully saturated rings. The van der Waals surface area contributed by atoms with E-state index in [9.17, 15) is 8.42 Å². The third kappa shape index (κ3) is 4.59. The van der Waals surface area contributed by atoms with E-state index >= 15 is 0 Å². The van der Waals surface area contributed by atoms with Gasteiger partial charge in [-0.05, 0) is 36.6 Å². The molecule has 0 aliphatic heterocycles. The summed E-state index contributed by atoms with van der Waals surface area (Å²) in [4.78, 5) is 0. The van der Waals surface area contributed by atoms with Crippen LogP contribution in [-0.2, 0) is 10.0 Å². The Morgan fingerprint density at radius 3 is 2.50 bits per heavy atom. The monoisotopic (exact) mass is 314 g/mol. The minimum absolute atomic E-state index is 0.0949. The van der Waals surface area contributed by atoms with Gasteiger partial charge < -0.3 is 5.73 Å². The number of nitrogens with one attached hydrogen (secondary N) is 1. The lowest BCUT2D eigenvalue weighted by Gasteiger charge is -2.28. The summed E-state index contributed by atoms with van der Waals surface area (Å²) in [5, 5.41) is 1.80. The summed E-state index contributed by atoms with van der Waals surface area (Å²) in [6.45, 7) is 0. The lowest BCUT2D eigenvalue weighted by atomic mass is 9.92. The molecule has 0 spiro atoms. The molecule has 0 aromatic heterocycles. The Kier molecular flexibility index (Phi) is 5.21. The zero-order valence-electron chi connectivity index (χ0n) is 11.1. The number of nitrogens with two attached hydrogens (primary N) is 1. The predicted octanol–water partition coefficient (Wildman–Crippen LogP) is 2.50. The van der Waals surface area contributed by atoms with Crippen LogP contribution in [0.5, 0.6) is 0 Å². The average molecular weight is 315 g/mol. The highest BCUT2D eigenvalue weighted by molar-refractivity contribution is 7.92. The predicted molar refractivity (Wildman–Crippen MR) is 82.8 cm³/mol. The van der Waals surface area contributed by atoms with Gasteiger partial charge in [-0.2, -0.15) is 0 Å². The Morgan fingerprint density at radius 2 is 1.85 bits per heavy atom. The molecule has 0 saturated heterocycles. The molecule has 0 amide bonds. The number of rotatable bonds is 4. The molecule has 1 aliphatic carbocycles. The van der Waals surface area contributed by atoms with Gasteiger partial charge in [-0.3, -0.25) is 0 Å². The van der Waals surface area contributed by atoms with Gasteiger partial charge in [0.05, 0.1) is 0 Å². The van der Waals surface area contributed by atoms with Crippen LogP contribution >= 0.6 is 11.6 Å². The van der Waals surface area contributed by atoms with Crippen LogP contribution < -0.4 is 10.5 Å². The van der Waals surface area contributed by atoms with Crippen LogP contribution in [0.15, 0.2) is 29.7 Å². The number of halogens is 1. The molecule has 2 unspecified atom stereocenters. The quantitative estimate of drug-likeness (QED) is 0.897. The van der Waals surface area contributed by atoms with Gasteiger partial charge in [0.15, 0.2) is 0 Å². The van der Waals surface area contributed by atoms with Gasteiger partial charge in [0.25, 0.3) is 0 Å². The third-order valence-electron chi connectivity index (χ3n) is 3.44. The summed E-state index contributed by atoms with van der Waals surface area (Å²) in [5.41, 5.74) is 6.73. The molecule has 110 valence electrons. The van der Waals surface area contributed by atoms with E-state index in [1.165, 1.54) is 5.41 Å². The standard InChI is InChI=1S/C14H19ClN2O2S/c15-12-7-5-11(6-8-12)9-10-20(18,19)17-14-4-2-1-3-13(14)16/h5-10,13-14,17H,1-4,16H2/b10-9+. The SMILES string of the molecule is NC1CCCCC1NS(=O)(=O)/C=C/c1ccc(Cl)cc1. The van der Waals surface area contributed by atoms with Gasteiger partial charge in [0.1, 0.15) is 0 Å². The van der Waals surface area contributed by atoms with Gasteiger partial charge in [0.2, 0.25) is 10.0 Å². The van der Waals surface area contributed by atoms with Crippen molar-refractivity contribution in [2.24, 2.45) is 5.73 Å². The first-order valence-electron chi connectivity index (χ1n) is 6.68.